The smallest absolute Gasteiger partial charge is 0.227 e. The van der Waals surface area contributed by atoms with Crippen LogP contribution in [0.2, 0.25) is 0 Å². The average molecular weight is 332 g/mol. The van der Waals surface area contributed by atoms with E-state index in [1.807, 2.05) is 25.1 Å². The van der Waals surface area contributed by atoms with Crippen LogP contribution in [0.3, 0.4) is 0 Å². The Morgan fingerprint density at radius 3 is 3.04 bits per heavy atom. The second-order valence-electron chi connectivity index (χ2n) is 6.24. The van der Waals surface area contributed by atoms with Crippen molar-refractivity contribution in [3.05, 3.63) is 36.4 Å². The zero-order valence-electron chi connectivity index (χ0n) is 14.5. The lowest BCUT2D eigenvalue weighted by Gasteiger charge is -2.29. The van der Waals surface area contributed by atoms with Crippen LogP contribution < -0.4 is 15.0 Å². The summed E-state index contributed by atoms with van der Waals surface area (Å²) in [6.45, 7) is 8.79. The molecule has 0 fully saturated rings. The summed E-state index contributed by atoms with van der Waals surface area (Å²) in [6, 6.07) is 5.88. The molecule has 1 atom stereocenters. The van der Waals surface area contributed by atoms with Crippen molar-refractivity contribution in [2.75, 3.05) is 37.7 Å². The number of anilines is 1. The number of fused-ring (bicyclic) bond motifs is 1. The molecule has 0 spiro atoms. The Morgan fingerprint density at radius 1 is 1.46 bits per heavy atom. The monoisotopic (exact) mass is 332 g/mol. The fourth-order valence-electron chi connectivity index (χ4n) is 2.82. The van der Waals surface area contributed by atoms with Gasteiger partial charge in [-0.25, -0.2) is 0 Å². The molecule has 2 rings (SSSR count). The summed E-state index contributed by atoms with van der Waals surface area (Å²) in [5, 5.41) is 12.3. The van der Waals surface area contributed by atoms with E-state index in [1.54, 1.807) is 11.0 Å². The number of benzene rings is 1. The molecule has 0 radical (unpaired) electrons. The van der Waals surface area contributed by atoms with Gasteiger partial charge >= 0.3 is 0 Å². The minimum atomic E-state index is 0.141. The van der Waals surface area contributed by atoms with E-state index in [-0.39, 0.29) is 18.4 Å². The first-order valence-electron chi connectivity index (χ1n) is 8.65. The summed E-state index contributed by atoms with van der Waals surface area (Å²) >= 11 is 0. The number of carbonyl (C=O) groups excluding carboxylic acids is 1. The largest absolute Gasteiger partial charge is 0.493 e. The number of aliphatic hydroxyl groups excluding tert-OH is 1. The summed E-state index contributed by atoms with van der Waals surface area (Å²) < 4.78 is 5.95. The van der Waals surface area contributed by atoms with E-state index >= 15 is 0 Å². The third-order valence-corrected chi connectivity index (χ3v) is 4.16. The van der Waals surface area contributed by atoms with Gasteiger partial charge in [-0.3, -0.25) is 4.79 Å². The molecule has 0 aliphatic carbocycles. The standard InChI is InChI=1S/C19H28N2O3/c1-3-11-21-17-6-4-7-18(16(17)8-9-19(21)23)24-12-5-10-20-13-15(2)14-22/h3-4,6-7,15,20,22H,1,5,8-14H2,2H3. The third-order valence-electron chi connectivity index (χ3n) is 4.16. The molecule has 24 heavy (non-hydrogen) atoms. The minimum absolute atomic E-state index is 0.141. The van der Waals surface area contributed by atoms with Gasteiger partial charge in [-0.1, -0.05) is 19.1 Å². The molecular weight excluding hydrogens is 304 g/mol. The molecule has 0 saturated carbocycles. The van der Waals surface area contributed by atoms with Crippen LogP contribution in [0.15, 0.2) is 30.9 Å². The molecular formula is C19H28N2O3. The maximum atomic E-state index is 12.1. The number of amides is 1. The number of aliphatic hydroxyl groups is 1. The maximum absolute atomic E-state index is 12.1. The Labute approximate surface area is 144 Å². The fraction of sp³-hybridized carbons (Fsp3) is 0.526. The fourth-order valence-corrected chi connectivity index (χ4v) is 2.82. The van der Waals surface area contributed by atoms with Crippen LogP contribution in [0.1, 0.15) is 25.3 Å². The summed E-state index contributed by atoms with van der Waals surface area (Å²) in [5.74, 6) is 1.29. The molecule has 0 aromatic heterocycles. The molecule has 2 N–H and O–H groups in total. The van der Waals surface area contributed by atoms with Gasteiger partial charge < -0.3 is 20.1 Å². The van der Waals surface area contributed by atoms with E-state index in [4.69, 9.17) is 9.84 Å². The van der Waals surface area contributed by atoms with Crippen molar-refractivity contribution in [2.45, 2.75) is 26.2 Å². The minimum Gasteiger partial charge on any atom is -0.493 e. The number of hydrogen-bond acceptors (Lipinski definition) is 4. The number of hydrogen-bond donors (Lipinski definition) is 2. The van der Waals surface area contributed by atoms with E-state index in [9.17, 15) is 4.79 Å². The van der Waals surface area contributed by atoms with E-state index in [1.165, 1.54) is 0 Å². The number of carbonyl (C=O) groups is 1. The first-order valence-corrected chi connectivity index (χ1v) is 8.65. The molecule has 1 aromatic rings. The Bertz CT molecular complexity index is 560. The predicted octanol–water partition coefficient (Wildman–Crippen LogP) is 2.14. The van der Waals surface area contributed by atoms with Crippen molar-refractivity contribution in [3.63, 3.8) is 0 Å². The van der Waals surface area contributed by atoms with Crippen LogP contribution in [0.25, 0.3) is 0 Å². The van der Waals surface area contributed by atoms with Gasteiger partial charge in [-0.05, 0) is 44.0 Å². The maximum Gasteiger partial charge on any atom is 0.227 e. The zero-order chi connectivity index (χ0) is 17.4. The number of ether oxygens (including phenoxy) is 1. The topological polar surface area (TPSA) is 61.8 Å². The van der Waals surface area contributed by atoms with Crippen molar-refractivity contribution in [2.24, 2.45) is 5.92 Å². The van der Waals surface area contributed by atoms with E-state index in [0.717, 1.165) is 42.9 Å². The van der Waals surface area contributed by atoms with Gasteiger partial charge in [0.05, 0.1) is 12.3 Å². The van der Waals surface area contributed by atoms with Gasteiger partial charge in [-0.15, -0.1) is 6.58 Å². The van der Waals surface area contributed by atoms with Crippen LogP contribution >= 0.6 is 0 Å². The summed E-state index contributed by atoms with van der Waals surface area (Å²) in [7, 11) is 0. The normalized spacial score (nSPS) is 15.1. The van der Waals surface area contributed by atoms with Crippen molar-refractivity contribution in [1.29, 1.82) is 0 Å². The van der Waals surface area contributed by atoms with Crippen molar-refractivity contribution in [3.8, 4) is 5.75 Å². The van der Waals surface area contributed by atoms with Crippen LogP contribution in [0, 0.1) is 5.92 Å². The number of rotatable bonds is 10. The highest BCUT2D eigenvalue weighted by Gasteiger charge is 2.25. The van der Waals surface area contributed by atoms with Gasteiger partial charge in [0.2, 0.25) is 5.91 Å². The lowest BCUT2D eigenvalue weighted by atomic mass is 10.00. The lowest BCUT2D eigenvalue weighted by molar-refractivity contribution is -0.118. The molecule has 1 aromatic carbocycles. The van der Waals surface area contributed by atoms with Crippen molar-refractivity contribution < 1.29 is 14.6 Å². The van der Waals surface area contributed by atoms with E-state index in [0.29, 0.717) is 19.6 Å². The number of nitrogens with one attached hydrogen (secondary N) is 1. The Balaban J connectivity index is 1.88. The van der Waals surface area contributed by atoms with Crippen LogP contribution in [0.5, 0.6) is 5.75 Å². The van der Waals surface area contributed by atoms with Crippen LogP contribution in [-0.2, 0) is 11.2 Å². The molecule has 132 valence electrons. The Hall–Kier alpha value is -1.85. The first-order chi connectivity index (χ1) is 11.7. The zero-order valence-corrected chi connectivity index (χ0v) is 14.5. The Morgan fingerprint density at radius 2 is 2.29 bits per heavy atom. The average Bonchev–Trinajstić information content (AvgIpc) is 2.60. The van der Waals surface area contributed by atoms with Crippen LogP contribution in [-0.4, -0.2) is 43.9 Å². The third kappa shape index (κ3) is 4.82. The molecule has 1 heterocycles. The van der Waals surface area contributed by atoms with Crippen LogP contribution in [0.4, 0.5) is 5.69 Å². The quantitative estimate of drug-likeness (QED) is 0.509. The molecule has 0 bridgehead atoms. The van der Waals surface area contributed by atoms with Gasteiger partial charge in [-0.2, -0.15) is 0 Å². The molecule has 1 amide bonds. The predicted molar refractivity (Wildman–Crippen MR) is 96.5 cm³/mol. The highest BCUT2D eigenvalue weighted by Crippen LogP contribution is 2.34. The van der Waals surface area contributed by atoms with Gasteiger partial charge in [0.25, 0.3) is 0 Å². The molecule has 1 unspecified atom stereocenters. The van der Waals surface area contributed by atoms with Crippen molar-refractivity contribution in [1.82, 2.24) is 5.32 Å². The van der Waals surface area contributed by atoms with Gasteiger partial charge in [0.1, 0.15) is 5.75 Å². The molecule has 5 nitrogen and oxygen atoms in total. The molecule has 1 aliphatic rings. The van der Waals surface area contributed by atoms with Gasteiger partial charge in [0, 0.05) is 25.1 Å². The lowest BCUT2D eigenvalue weighted by Crippen LogP contribution is -2.35. The molecule has 5 heteroatoms. The molecule has 0 saturated heterocycles. The van der Waals surface area contributed by atoms with E-state index < -0.39 is 0 Å². The summed E-state index contributed by atoms with van der Waals surface area (Å²) in [6.07, 6.45) is 3.89. The first kappa shape index (κ1) is 18.5. The summed E-state index contributed by atoms with van der Waals surface area (Å²) in [5.41, 5.74) is 2.05. The van der Waals surface area contributed by atoms with Gasteiger partial charge in [0.15, 0.2) is 0 Å². The highest BCUT2D eigenvalue weighted by molar-refractivity contribution is 5.97. The van der Waals surface area contributed by atoms with Crippen molar-refractivity contribution >= 4 is 11.6 Å². The number of nitrogens with zero attached hydrogens (tertiary/aromatic N) is 1. The highest BCUT2D eigenvalue weighted by atomic mass is 16.5. The van der Waals surface area contributed by atoms with E-state index in [2.05, 4.69) is 11.9 Å². The second kappa shape index (κ2) is 9.45. The SMILES string of the molecule is C=CCN1C(=O)CCc2c(OCCCNCC(C)CO)cccc21. The second-order valence-corrected chi connectivity index (χ2v) is 6.24. The summed E-state index contributed by atoms with van der Waals surface area (Å²) in [4.78, 5) is 13.9. The Kier molecular flexibility index (Phi) is 7.28. The molecule has 1 aliphatic heterocycles.